The van der Waals surface area contributed by atoms with Gasteiger partial charge in [0.15, 0.2) is 5.82 Å². The van der Waals surface area contributed by atoms with E-state index in [0.717, 1.165) is 31.5 Å². The van der Waals surface area contributed by atoms with Crippen LogP contribution in [0.3, 0.4) is 0 Å². The molecule has 1 saturated carbocycles. The predicted octanol–water partition coefficient (Wildman–Crippen LogP) is 1.09. The summed E-state index contributed by atoms with van der Waals surface area (Å²) in [6.07, 6.45) is 9.41. The minimum absolute atomic E-state index is 0.116. The average Bonchev–Trinajstić information content (AvgIpc) is 2.89. The summed E-state index contributed by atoms with van der Waals surface area (Å²) in [4.78, 5) is 8.26. The molecule has 0 saturated heterocycles. The standard InChI is InChI=1S/C12H15N5/c13-12(5-6-12)4-3-10-1-2-11(15-7-10)17-9-14-8-16-17/h1-2,7-9H,3-6,13H2. The van der Waals surface area contributed by atoms with Crippen LogP contribution in [0.25, 0.3) is 5.82 Å². The molecule has 1 aliphatic carbocycles. The lowest BCUT2D eigenvalue weighted by Gasteiger charge is -2.08. The number of pyridine rings is 1. The minimum atomic E-state index is 0.116. The molecule has 0 unspecified atom stereocenters. The molecule has 0 aliphatic heterocycles. The quantitative estimate of drug-likeness (QED) is 0.852. The maximum absolute atomic E-state index is 6.06. The Morgan fingerprint density at radius 1 is 1.35 bits per heavy atom. The minimum Gasteiger partial charge on any atom is -0.325 e. The molecule has 17 heavy (non-hydrogen) atoms. The van der Waals surface area contributed by atoms with Gasteiger partial charge in [0.25, 0.3) is 0 Å². The molecule has 0 atom stereocenters. The van der Waals surface area contributed by atoms with Gasteiger partial charge in [-0.1, -0.05) is 6.07 Å². The lowest BCUT2D eigenvalue weighted by molar-refractivity contribution is 0.608. The van der Waals surface area contributed by atoms with Gasteiger partial charge < -0.3 is 5.73 Å². The fourth-order valence-electron chi connectivity index (χ4n) is 1.83. The van der Waals surface area contributed by atoms with E-state index in [-0.39, 0.29) is 5.54 Å². The molecule has 1 fully saturated rings. The maximum Gasteiger partial charge on any atom is 0.155 e. The van der Waals surface area contributed by atoms with Crippen molar-refractivity contribution in [1.82, 2.24) is 19.7 Å². The van der Waals surface area contributed by atoms with E-state index in [4.69, 9.17) is 5.73 Å². The fraction of sp³-hybridized carbons (Fsp3) is 0.417. The zero-order valence-corrected chi connectivity index (χ0v) is 9.58. The van der Waals surface area contributed by atoms with Crippen LogP contribution in [0.1, 0.15) is 24.8 Å². The van der Waals surface area contributed by atoms with Crippen LogP contribution in [0.2, 0.25) is 0 Å². The van der Waals surface area contributed by atoms with Crippen molar-refractivity contribution in [2.24, 2.45) is 5.73 Å². The number of hydrogen-bond acceptors (Lipinski definition) is 4. The van der Waals surface area contributed by atoms with Crippen molar-refractivity contribution in [1.29, 1.82) is 0 Å². The molecule has 0 bridgehead atoms. The smallest absolute Gasteiger partial charge is 0.155 e. The Morgan fingerprint density at radius 3 is 2.82 bits per heavy atom. The zero-order valence-electron chi connectivity index (χ0n) is 9.58. The van der Waals surface area contributed by atoms with Crippen molar-refractivity contribution in [3.05, 3.63) is 36.5 Å². The number of nitrogens with zero attached hydrogens (tertiary/aromatic N) is 4. The van der Waals surface area contributed by atoms with Crippen molar-refractivity contribution >= 4 is 0 Å². The van der Waals surface area contributed by atoms with Gasteiger partial charge in [-0.25, -0.2) is 14.6 Å². The van der Waals surface area contributed by atoms with Crippen LogP contribution in [0.4, 0.5) is 0 Å². The SMILES string of the molecule is NC1(CCc2ccc(-n3cncn3)nc2)CC1. The second kappa shape index (κ2) is 3.92. The summed E-state index contributed by atoms with van der Waals surface area (Å²) in [5.41, 5.74) is 7.40. The summed E-state index contributed by atoms with van der Waals surface area (Å²) in [5.74, 6) is 0.792. The third-order valence-corrected chi connectivity index (χ3v) is 3.27. The van der Waals surface area contributed by atoms with Crippen LogP contribution in [-0.4, -0.2) is 25.3 Å². The van der Waals surface area contributed by atoms with Crippen LogP contribution < -0.4 is 5.73 Å². The highest BCUT2D eigenvalue weighted by Crippen LogP contribution is 2.36. The van der Waals surface area contributed by atoms with Crippen LogP contribution in [0.5, 0.6) is 0 Å². The first-order valence-electron chi connectivity index (χ1n) is 5.84. The van der Waals surface area contributed by atoms with Gasteiger partial charge in [0, 0.05) is 11.7 Å². The molecular formula is C12H15N5. The van der Waals surface area contributed by atoms with Gasteiger partial charge >= 0.3 is 0 Å². The largest absolute Gasteiger partial charge is 0.325 e. The van der Waals surface area contributed by atoms with Gasteiger partial charge in [-0.2, -0.15) is 5.10 Å². The lowest BCUT2D eigenvalue weighted by atomic mass is 10.1. The maximum atomic E-state index is 6.06. The van der Waals surface area contributed by atoms with Crippen molar-refractivity contribution in [2.75, 3.05) is 0 Å². The van der Waals surface area contributed by atoms with E-state index in [9.17, 15) is 0 Å². The van der Waals surface area contributed by atoms with E-state index < -0.39 is 0 Å². The van der Waals surface area contributed by atoms with E-state index in [0.29, 0.717) is 0 Å². The summed E-state index contributed by atoms with van der Waals surface area (Å²) < 4.78 is 1.65. The van der Waals surface area contributed by atoms with Gasteiger partial charge in [-0.3, -0.25) is 0 Å². The first-order chi connectivity index (χ1) is 8.25. The molecule has 3 rings (SSSR count). The van der Waals surface area contributed by atoms with E-state index >= 15 is 0 Å². The number of nitrogens with two attached hydrogens (primary N) is 1. The van der Waals surface area contributed by atoms with Gasteiger partial charge in [0.2, 0.25) is 0 Å². The molecule has 88 valence electrons. The number of aryl methyl sites for hydroxylation is 1. The zero-order chi connectivity index (χ0) is 11.7. The Morgan fingerprint density at radius 2 is 2.24 bits per heavy atom. The molecule has 2 N–H and O–H groups in total. The average molecular weight is 229 g/mol. The Bertz CT molecular complexity index is 484. The predicted molar refractivity (Wildman–Crippen MR) is 63.6 cm³/mol. The van der Waals surface area contributed by atoms with E-state index in [1.54, 1.807) is 11.0 Å². The molecule has 1 aliphatic rings. The van der Waals surface area contributed by atoms with Crippen LogP contribution in [0.15, 0.2) is 31.0 Å². The molecule has 2 heterocycles. The first kappa shape index (κ1) is 10.4. The van der Waals surface area contributed by atoms with Gasteiger partial charge in [-0.15, -0.1) is 0 Å². The Hall–Kier alpha value is -1.75. The molecule has 0 radical (unpaired) electrons. The van der Waals surface area contributed by atoms with Crippen molar-refractivity contribution in [2.45, 2.75) is 31.2 Å². The Kier molecular flexibility index (Phi) is 2.40. The third kappa shape index (κ3) is 2.34. The van der Waals surface area contributed by atoms with Crippen molar-refractivity contribution in [3.8, 4) is 5.82 Å². The first-order valence-corrected chi connectivity index (χ1v) is 5.84. The fourth-order valence-corrected chi connectivity index (χ4v) is 1.83. The van der Waals surface area contributed by atoms with E-state index in [1.165, 1.54) is 11.9 Å². The van der Waals surface area contributed by atoms with Gasteiger partial charge in [0.1, 0.15) is 12.7 Å². The summed E-state index contributed by atoms with van der Waals surface area (Å²) in [5, 5.41) is 4.03. The summed E-state index contributed by atoms with van der Waals surface area (Å²) in [7, 11) is 0. The van der Waals surface area contributed by atoms with Crippen molar-refractivity contribution in [3.63, 3.8) is 0 Å². The highest BCUT2D eigenvalue weighted by Gasteiger charge is 2.37. The van der Waals surface area contributed by atoms with Crippen LogP contribution >= 0.6 is 0 Å². The Balaban J connectivity index is 1.67. The summed E-state index contributed by atoms with van der Waals surface area (Å²) >= 11 is 0. The normalized spacial score (nSPS) is 17.0. The van der Waals surface area contributed by atoms with Crippen LogP contribution in [-0.2, 0) is 6.42 Å². The number of aromatic nitrogens is 4. The molecule has 2 aromatic heterocycles. The lowest BCUT2D eigenvalue weighted by Crippen LogP contribution is -2.22. The number of rotatable bonds is 4. The molecule has 0 amide bonds. The number of hydrogen-bond donors (Lipinski definition) is 1. The topological polar surface area (TPSA) is 69.6 Å². The Labute approximate surface area is 99.7 Å². The monoisotopic (exact) mass is 229 g/mol. The van der Waals surface area contributed by atoms with Crippen molar-refractivity contribution < 1.29 is 0 Å². The molecule has 5 heteroatoms. The van der Waals surface area contributed by atoms with E-state index in [1.807, 2.05) is 12.3 Å². The highest BCUT2D eigenvalue weighted by molar-refractivity contribution is 5.24. The molecule has 0 aromatic carbocycles. The third-order valence-electron chi connectivity index (χ3n) is 3.27. The molecule has 5 nitrogen and oxygen atoms in total. The molecular weight excluding hydrogens is 214 g/mol. The second-order valence-corrected chi connectivity index (χ2v) is 4.73. The molecule has 2 aromatic rings. The van der Waals surface area contributed by atoms with Gasteiger partial charge in [-0.05, 0) is 37.3 Å². The second-order valence-electron chi connectivity index (χ2n) is 4.73. The van der Waals surface area contributed by atoms with Crippen LogP contribution in [0, 0.1) is 0 Å². The summed E-state index contributed by atoms with van der Waals surface area (Å²) in [6.45, 7) is 0. The van der Waals surface area contributed by atoms with Gasteiger partial charge in [0.05, 0.1) is 0 Å². The van der Waals surface area contributed by atoms with E-state index in [2.05, 4.69) is 21.1 Å². The summed E-state index contributed by atoms with van der Waals surface area (Å²) in [6, 6.07) is 4.04. The molecule has 0 spiro atoms. The highest BCUT2D eigenvalue weighted by atomic mass is 15.3.